The summed E-state index contributed by atoms with van der Waals surface area (Å²) in [7, 11) is 0. The van der Waals surface area contributed by atoms with E-state index in [-0.39, 0.29) is 10.0 Å². The number of rotatable bonds is 2. The fourth-order valence-corrected chi connectivity index (χ4v) is 1.21. The van der Waals surface area contributed by atoms with Gasteiger partial charge in [0.15, 0.2) is 0 Å². The standard InChI is InChI=1S/C8H6Cl2F2N2O/c9-5-2-1-4(3-6(5)10)8(11,12)7(15)14-13/h1-3H,13H2,(H,14,15). The number of hydrazine groups is 1. The molecule has 0 radical (unpaired) electrons. The highest BCUT2D eigenvalue weighted by Gasteiger charge is 2.40. The highest BCUT2D eigenvalue weighted by atomic mass is 35.5. The van der Waals surface area contributed by atoms with Gasteiger partial charge in [-0.25, -0.2) is 5.84 Å². The SMILES string of the molecule is NNC(=O)C(F)(F)c1ccc(Cl)c(Cl)c1. The Morgan fingerprint density at radius 2 is 1.93 bits per heavy atom. The van der Waals surface area contributed by atoms with E-state index in [9.17, 15) is 13.6 Å². The molecular formula is C8H6Cl2F2N2O. The molecule has 0 fully saturated rings. The first-order valence-electron chi connectivity index (χ1n) is 3.74. The minimum Gasteiger partial charge on any atom is -0.289 e. The van der Waals surface area contributed by atoms with Crippen molar-refractivity contribution in [3.63, 3.8) is 0 Å². The minimum absolute atomic E-state index is 0.0568. The zero-order chi connectivity index (χ0) is 11.6. The third kappa shape index (κ3) is 2.37. The molecule has 0 heterocycles. The largest absolute Gasteiger partial charge is 0.351 e. The fourth-order valence-electron chi connectivity index (χ4n) is 0.913. The number of hydrogen-bond donors (Lipinski definition) is 2. The van der Waals surface area contributed by atoms with Gasteiger partial charge >= 0.3 is 11.8 Å². The van der Waals surface area contributed by atoms with Crippen LogP contribution in [0.2, 0.25) is 10.0 Å². The van der Waals surface area contributed by atoms with Crippen LogP contribution < -0.4 is 11.3 Å². The normalized spacial score (nSPS) is 11.3. The van der Waals surface area contributed by atoms with Crippen molar-refractivity contribution in [1.29, 1.82) is 0 Å². The van der Waals surface area contributed by atoms with Gasteiger partial charge in [0, 0.05) is 5.56 Å². The zero-order valence-electron chi connectivity index (χ0n) is 7.23. The molecule has 0 saturated carbocycles. The molecule has 0 bridgehead atoms. The lowest BCUT2D eigenvalue weighted by molar-refractivity contribution is -0.147. The summed E-state index contributed by atoms with van der Waals surface area (Å²) in [6.45, 7) is 0. The van der Waals surface area contributed by atoms with Gasteiger partial charge < -0.3 is 0 Å². The van der Waals surface area contributed by atoms with Crippen LogP contribution >= 0.6 is 23.2 Å². The highest BCUT2D eigenvalue weighted by molar-refractivity contribution is 6.42. The molecule has 0 spiro atoms. The van der Waals surface area contributed by atoms with Gasteiger partial charge in [0.25, 0.3) is 0 Å². The van der Waals surface area contributed by atoms with Gasteiger partial charge in [0.05, 0.1) is 10.0 Å². The average molecular weight is 255 g/mol. The van der Waals surface area contributed by atoms with Crippen LogP contribution in [0.15, 0.2) is 18.2 Å². The van der Waals surface area contributed by atoms with Gasteiger partial charge in [0.1, 0.15) is 0 Å². The smallest absolute Gasteiger partial charge is 0.289 e. The quantitative estimate of drug-likeness (QED) is 0.483. The first-order chi connectivity index (χ1) is 6.89. The van der Waals surface area contributed by atoms with E-state index in [0.717, 1.165) is 12.1 Å². The van der Waals surface area contributed by atoms with E-state index in [4.69, 9.17) is 23.2 Å². The highest BCUT2D eigenvalue weighted by Crippen LogP contribution is 2.32. The van der Waals surface area contributed by atoms with Gasteiger partial charge in [-0.15, -0.1) is 0 Å². The molecule has 0 saturated heterocycles. The second kappa shape index (κ2) is 4.30. The van der Waals surface area contributed by atoms with Gasteiger partial charge in [-0.05, 0) is 12.1 Å². The summed E-state index contributed by atoms with van der Waals surface area (Å²) >= 11 is 11.1. The van der Waals surface area contributed by atoms with Crippen molar-refractivity contribution in [1.82, 2.24) is 5.43 Å². The molecule has 0 aliphatic carbocycles. The summed E-state index contributed by atoms with van der Waals surface area (Å²) in [6.07, 6.45) is 0. The Hall–Kier alpha value is -0.910. The maximum atomic E-state index is 13.3. The molecule has 82 valence electrons. The third-order valence-electron chi connectivity index (χ3n) is 1.70. The van der Waals surface area contributed by atoms with Crippen LogP contribution in [0, 0.1) is 0 Å². The Bertz CT molecular complexity index is 398. The van der Waals surface area contributed by atoms with Crippen LogP contribution in [0.3, 0.4) is 0 Å². The Labute approximate surface area is 94.1 Å². The van der Waals surface area contributed by atoms with Crippen molar-refractivity contribution < 1.29 is 13.6 Å². The first kappa shape index (κ1) is 12.2. The second-order valence-corrected chi connectivity index (χ2v) is 3.49. The third-order valence-corrected chi connectivity index (χ3v) is 2.44. The van der Waals surface area contributed by atoms with E-state index in [1.807, 2.05) is 0 Å². The second-order valence-electron chi connectivity index (χ2n) is 2.68. The number of hydrogen-bond acceptors (Lipinski definition) is 2. The topological polar surface area (TPSA) is 55.1 Å². The van der Waals surface area contributed by atoms with E-state index >= 15 is 0 Å². The van der Waals surface area contributed by atoms with Crippen LogP contribution in [-0.4, -0.2) is 5.91 Å². The number of nitrogens with two attached hydrogens (primary N) is 1. The van der Waals surface area contributed by atoms with Crippen LogP contribution in [-0.2, 0) is 10.7 Å². The number of carbonyl (C=O) groups is 1. The summed E-state index contributed by atoms with van der Waals surface area (Å²) in [6, 6.07) is 3.10. The Morgan fingerprint density at radius 3 is 2.40 bits per heavy atom. The molecule has 7 heteroatoms. The Kier molecular flexibility index (Phi) is 3.49. The molecular weight excluding hydrogens is 249 g/mol. The van der Waals surface area contributed by atoms with Crippen molar-refractivity contribution >= 4 is 29.1 Å². The van der Waals surface area contributed by atoms with Crippen molar-refractivity contribution in [3.8, 4) is 0 Å². The number of alkyl halides is 2. The van der Waals surface area contributed by atoms with Crippen molar-refractivity contribution in [2.24, 2.45) is 5.84 Å². The van der Waals surface area contributed by atoms with E-state index in [1.54, 1.807) is 0 Å². The predicted octanol–water partition coefficient (Wildman–Crippen LogP) is 2.08. The van der Waals surface area contributed by atoms with Crippen LogP contribution in [0.5, 0.6) is 0 Å². The zero-order valence-corrected chi connectivity index (χ0v) is 8.74. The fraction of sp³-hybridized carbons (Fsp3) is 0.125. The molecule has 0 aromatic heterocycles. The van der Waals surface area contributed by atoms with Crippen LogP contribution in [0.4, 0.5) is 8.78 Å². The van der Waals surface area contributed by atoms with Gasteiger partial charge in [-0.3, -0.25) is 10.2 Å². The van der Waals surface area contributed by atoms with Crippen LogP contribution in [0.25, 0.3) is 0 Å². The summed E-state index contributed by atoms with van der Waals surface area (Å²) in [4.78, 5) is 10.8. The van der Waals surface area contributed by atoms with Crippen LogP contribution in [0.1, 0.15) is 5.56 Å². The van der Waals surface area contributed by atoms with Crippen molar-refractivity contribution in [2.45, 2.75) is 5.92 Å². The van der Waals surface area contributed by atoms with E-state index in [2.05, 4.69) is 5.84 Å². The summed E-state index contributed by atoms with van der Waals surface area (Å²) in [5, 5.41) is 0.0723. The maximum Gasteiger partial charge on any atom is 0.351 e. The maximum absolute atomic E-state index is 13.3. The number of nitrogens with one attached hydrogen (secondary N) is 1. The summed E-state index contributed by atoms with van der Waals surface area (Å²) in [5.41, 5.74) is 0.803. The lowest BCUT2D eigenvalue weighted by Gasteiger charge is -2.14. The first-order valence-corrected chi connectivity index (χ1v) is 4.49. The predicted molar refractivity (Wildman–Crippen MR) is 52.7 cm³/mol. The Morgan fingerprint density at radius 1 is 1.33 bits per heavy atom. The van der Waals surface area contributed by atoms with E-state index in [0.29, 0.717) is 0 Å². The lowest BCUT2D eigenvalue weighted by atomic mass is 10.1. The molecule has 15 heavy (non-hydrogen) atoms. The van der Waals surface area contributed by atoms with Crippen molar-refractivity contribution in [3.05, 3.63) is 33.8 Å². The molecule has 1 rings (SSSR count). The minimum atomic E-state index is -3.73. The van der Waals surface area contributed by atoms with E-state index < -0.39 is 17.4 Å². The number of amides is 1. The van der Waals surface area contributed by atoms with Gasteiger partial charge in [-0.2, -0.15) is 8.78 Å². The average Bonchev–Trinajstić information content (AvgIpc) is 2.20. The molecule has 0 unspecified atom stereocenters. The lowest BCUT2D eigenvalue weighted by Crippen LogP contribution is -2.41. The molecule has 1 aromatic rings. The molecule has 3 N–H and O–H groups in total. The number of benzene rings is 1. The monoisotopic (exact) mass is 254 g/mol. The van der Waals surface area contributed by atoms with E-state index in [1.165, 1.54) is 11.5 Å². The Balaban J connectivity index is 3.16. The van der Waals surface area contributed by atoms with Crippen molar-refractivity contribution in [2.75, 3.05) is 0 Å². The molecule has 0 atom stereocenters. The van der Waals surface area contributed by atoms with Gasteiger partial charge in [-0.1, -0.05) is 29.3 Å². The summed E-state index contributed by atoms with van der Waals surface area (Å²) < 4.78 is 26.5. The summed E-state index contributed by atoms with van der Waals surface area (Å²) in [5.74, 6) is -0.719. The van der Waals surface area contributed by atoms with Gasteiger partial charge in [0.2, 0.25) is 0 Å². The number of halogens is 4. The molecule has 0 aliphatic heterocycles. The molecule has 0 aliphatic rings. The molecule has 1 amide bonds. The number of carbonyl (C=O) groups excluding carboxylic acids is 1. The molecule has 3 nitrogen and oxygen atoms in total. The molecule has 1 aromatic carbocycles.